The van der Waals surface area contributed by atoms with E-state index in [-0.39, 0.29) is 6.10 Å². The highest BCUT2D eigenvalue weighted by atomic mass is 16.5. The van der Waals surface area contributed by atoms with E-state index in [0.29, 0.717) is 25.9 Å². The molecule has 2 rings (SSSR count). The van der Waals surface area contributed by atoms with Crippen LogP contribution in [0.2, 0.25) is 0 Å². The van der Waals surface area contributed by atoms with Crippen LogP contribution in [-0.2, 0) is 22.6 Å². The van der Waals surface area contributed by atoms with E-state index in [1.54, 1.807) is 6.26 Å². The van der Waals surface area contributed by atoms with Crippen molar-refractivity contribution in [2.45, 2.75) is 52.0 Å². The minimum absolute atomic E-state index is 0.260. The maximum Gasteiger partial charge on any atom is 0.133 e. The zero-order valence-corrected chi connectivity index (χ0v) is 11.3. The van der Waals surface area contributed by atoms with Gasteiger partial charge in [-0.15, -0.1) is 0 Å². The molecule has 1 N–H and O–H groups in total. The first-order chi connectivity index (χ1) is 8.75. The Balaban J connectivity index is 1.63. The normalized spacial score (nSPS) is 15.5. The molecule has 102 valence electrons. The molecule has 0 radical (unpaired) electrons. The molecule has 1 saturated carbocycles. The molecule has 0 aliphatic heterocycles. The Bertz CT molecular complexity index is 345. The summed E-state index contributed by atoms with van der Waals surface area (Å²) < 4.78 is 16.4. The lowest BCUT2D eigenvalue weighted by Gasteiger charge is -2.08. The van der Waals surface area contributed by atoms with Gasteiger partial charge in [0.25, 0.3) is 0 Å². The van der Waals surface area contributed by atoms with Crippen LogP contribution >= 0.6 is 0 Å². The summed E-state index contributed by atoms with van der Waals surface area (Å²) in [4.78, 5) is 0. The lowest BCUT2D eigenvalue weighted by Crippen LogP contribution is -2.16. The minimum atomic E-state index is 0.260. The highest BCUT2D eigenvalue weighted by molar-refractivity contribution is 5.16. The van der Waals surface area contributed by atoms with Crippen molar-refractivity contribution >= 4 is 0 Å². The average Bonchev–Trinajstić information content (AvgIpc) is 3.06. The monoisotopic (exact) mass is 253 g/mol. The van der Waals surface area contributed by atoms with Crippen LogP contribution < -0.4 is 5.32 Å². The average molecular weight is 253 g/mol. The molecule has 0 bridgehead atoms. The highest BCUT2D eigenvalue weighted by Crippen LogP contribution is 2.20. The molecule has 1 aromatic heterocycles. The van der Waals surface area contributed by atoms with E-state index in [0.717, 1.165) is 12.3 Å². The largest absolute Gasteiger partial charge is 0.467 e. The van der Waals surface area contributed by atoms with Gasteiger partial charge in [-0.1, -0.05) is 0 Å². The standard InChI is InChI=1S/C14H23NO3/c1-11(2)17-8-7-16-10-14-12(5-6-18-14)9-15-13-3-4-13/h5-6,11,13,15H,3-4,7-10H2,1-2H3. The molecule has 18 heavy (non-hydrogen) atoms. The molecule has 1 aliphatic rings. The molecule has 4 heteroatoms. The Kier molecular flexibility index (Phi) is 5.23. The van der Waals surface area contributed by atoms with Crippen LogP contribution in [-0.4, -0.2) is 25.4 Å². The van der Waals surface area contributed by atoms with Gasteiger partial charge >= 0.3 is 0 Å². The van der Waals surface area contributed by atoms with Gasteiger partial charge < -0.3 is 19.2 Å². The highest BCUT2D eigenvalue weighted by Gasteiger charge is 2.20. The molecular formula is C14H23NO3. The van der Waals surface area contributed by atoms with E-state index < -0.39 is 0 Å². The van der Waals surface area contributed by atoms with Crippen LogP contribution in [0.15, 0.2) is 16.7 Å². The first-order valence-corrected chi connectivity index (χ1v) is 6.73. The molecule has 1 aromatic rings. The van der Waals surface area contributed by atoms with Gasteiger partial charge in [0.1, 0.15) is 12.4 Å². The van der Waals surface area contributed by atoms with Crippen molar-refractivity contribution in [2.24, 2.45) is 0 Å². The van der Waals surface area contributed by atoms with Gasteiger partial charge in [-0.2, -0.15) is 0 Å². The summed E-state index contributed by atoms with van der Waals surface area (Å²) in [6.45, 7) is 6.68. The fraction of sp³-hybridized carbons (Fsp3) is 0.714. The van der Waals surface area contributed by atoms with Crippen molar-refractivity contribution < 1.29 is 13.9 Å². The summed E-state index contributed by atoms with van der Waals surface area (Å²) in [5.74, 6) is 0.924. The number of furan rings is 1. The van der Waals surface area contributed by atoms with Gasteiger partial charge in [0, 0.05) is 18.2 Å². The second-order valence-corrected chi connectivity index (χ2v) is 5.00. The third-order valence-corrected chi connectivity index (χ3v) is 2.91. The maximum atomic E-state index is 5.55. The number of ether oxygens (including phenoxy) is 2. The fourth-order valence-electron chi connectivity index (χ4n) is 1.70. The molecule has 0 aromatic carbocycles. The van der Waals surface area contributed by atoms with Crippen molar-refractivity contribution in [3.05, 3.63) is 23.7 Å². The number of rotatable bonds is 9. The van der Waals surface area contributed by atoms with Gasteiger partial charge in [-0.3, -0.25) is 0 Å². The van der Waals surface area contributed by atoms with Crippen LogP contribution in [0.3, 0.4) is 0 Å². The fourth-order valence-corrected chi connectivity index (χ4v) is 1.70. The Labute approximate surface area is 109 Å². The maximum absolute atomic E-state index is 5.55. The molecule has 0 spiro atoms. The van der Waals surface area contributed by atoms with E-state index in [1.807, 2.05) is 19.9 Å². The van der Waals surface area contributed by atoms with Crippen LogP contribution in [0.5, 0.6) is 0 Å². The van der Waals surface area contributed by atoms with Crippen LogP contribution in [0.25, 0.3) is 0 Å². The summed E-state index contributed by atoms with van der Waals surface area (Å²) in [7, 11) is 0. The van der Waals surface area contributed by atoms with Crippen molar-refractivity contribution in [3.8, 4) is 0 Å². The smallest absolute Gasteiger partial charge is 0.133 e. The lowest BCUT2D eigenvalue weighted by molar-refractivity contribution is 0.0101. The van der Waals surface area contributed by atoms with Crippen molar-refractivity contribution in [1.82, 2.24) is 5.32 Å². The topological polar surface area (TPSA) is 43.6 Å². The van der Waals surface area contributed by atoms with E-state index in [9.17, 15) is 0 Å². The molecule has 4 nitrogen and oxygen atoms in total. The Morgan fingerprint density at radius 1 is 1.39 bits per heavy atom. The number of nitrogens with one attached hydrogen (secondary N) is 1. The van der Waals surface area contributed by atoms with Crippen molar-refractivity contribution in [2.75, 3.05) is 13.2 Å². The van der Waals surface area contributed by atoms with E-state index >= 15 is 0 Å². The van der Waals surface area contributed by atoms with Crippen molar-refractivity contribution in [3.63, 3.8) is 0 Å². The molecule has 1 fully saturated rings. The molecule has 0 amide bonds. The van der Waals surface area contributed by atoms with Gasteiger partial charge in [0.2, 0.25) is 0 Å². The van der Waals surface area contributed by atoms with Gasteiger partial charge in [0.15, 0.2) is 0 Å². The van der Waals surface area contributed by atoms with Gasteiger partial charge in [0.05, 0.1) is 25.6 Å². The Morgan fingerprint density at radius 2 is 2.22 bits per heavy atom. The number of hydrogen-bond donors (Lipinski definition) is 1. The van der Waals surface area contributed by atoms with Crippen LogP contribution in [0.4, 0.5) is 0 Å². The Morgan fingerprint density at radius 3 is 2.94 bits per heavy atom. The zero-order valence-electron chi connectivity index (χ0n) is 11.3. The predicted octanol–water partition coefficient (Wildman–Crippen LogP) is 2.47. The van der Waals surface area contributed by atoms with Crippen molar-refractivity contribution in [1.29, 1.82) is 0 Å². The summed E-state index contributed by atoms with van der Waals surface area (Å²) in [5, 5.41) is 3.48. The molecule has 1 heterocycles. The molecule has 1 aliphatic carbocycles. The molecule has 0 atom stereocenters. The molecular weight excluding hydrogens is 230 g/mol. The predicted molar refractivity (Wildman–Crippen MR) is 69.3 cm³/mol. The molecule has 0 unspecified atom stereocenters. The van der Waals surface area contributed by atoms with E-state index in [1.165, 1.54) is 18.4 Å². The quantitative estimate of drug-likeness (QED) is 0.687. The third-order valence-electron chi connectivity index (χ3n) is 2.91. The van der Waals surface area contributed by atoms with Crippen LogP contribution in [0.1, 0.15) is 38.0 Å². The summed E-state index contributed by atoms with van der Waals surface area (Å²) in [5.41, 5.74) is 1.20. The SMILES string of the molecule is CC(C)OCCOCc1occc1CNC1CC1. The molecule has 0 saturated heterocycles. The minimum Gasteiger partial charge on any atom is -0.467 e. The van der Waals surface area contributed by atoms with Crippen LogP contribution in [0, 0.1) is 0 Å². The summed E-state index contributed by atoms with van der Waals surface area (Å²) in [6.07, 6.45) is 4.59. The first-order valence-electron chi connectivity index (χ1n) is 6.73. The van der Waals surface area contributed by atoms with E-state index in [4.69, 9.17) is 13.9 Å². The lowest BCUT2D eigenvalue weighted by atomic mass is 10.2. The third kappa shape index (κ3) is 4.80. The second-order valence-electron chi connectivity index (χ2n) is 5.00. The number of hydrogen-bond acceptors (Lipinski definition) is 4. The summed E-state index contributed by atoms with van der Waals surface area (Å²) in [6, 6.07) is 2.73. The van der Waals surface area contributed by atoms with Gasteiger partial charge in [-0.05, 0) is 32.8 Å². The van der Waals surface area contributed by atoms with Gasteiger partial charge in [-0.25, -0.2) is 0 Å². The zero-order chi connectivity index (χ0) is 12.8. The Hall–Kier alpha value is -0.840. The van der Waals surface area contributed by atoms with E-state index in [2.05, 4.69) is 5.32 Å². The second kappa shape index (κ2) is 6.92. The summed E-state index contributed by atoms with van der Waals surface area (Å²) >= 11 is 0. The first kappa shape index (κ1) is 13.6.